The van der Waals surface area contributed by atoms with E-state index < -0.39 is 0 Å². The third-order valence-electron chi connectivity index (χ3n) is 3.21. The molecule has 0 atom stereocenters. The number of fused-ring (bicyclic) bond motifs is 1. The fourth-order valence-corrected chi connectivity index (χ4v) is 2.18. The minimum atomic E-state index is -0.295. The van der Waals surface area contributed by atoms with Gasteiger partial charge in [-0.3, -0.25) is 0 Å². The number of pyridine rings is 1. The molecule has 2 aromatic carbocycles. The molecule has 0 fully saturated rings. The van der Waals surface area contributed by atoms with Crippen LogP contribution in [0.3, 0.4) is 0 Å². The summed E-state index contributed by atoms with van der Waals surface area (Å²) in [5.41, 5.74) is 7.46. The van der Waals surface area contributed by atoms with E-state index in [0.717, 1.165) is 16.5 Å². The predicted octanol–water partition coefficient (Wildman–Crippen LogP) is 3.67. The van der Waals surface area contributed by atoms with E-state index in [0.29, 0.717) is 24.6 Å². The molecule has 3 rings (SSSR count). The SMILES string of the molecule is NCCc1cc2ccccc2nc1Oc1ccc(F)cc1. The number of halogens is 1. The van der Waals surface area contributed by atoms with Crippen molar-refractivity contribution >= 4 is 10.9 Å². The molecular formula is C17H15FN2O. The number of ether oxygens (including phenoxy) is 1. The summed E-state index contributed by atoms with van der Waals surface area (Å²) in [6, 6.07) is 15.8. The van der Waals surface area contributed by atoms with E-state index in [2.05, 4.69) is 4.98 Å². The number of nitrogens with two attached hydrogens (primary N) is 1. The molecule has 0 spiro atoms. The highest BCUT2D eigenvalue weighted by molar-refractivity contribution is 5.80. The van der Waals surface area contributed by atoms with Crippen LogP contribution in [-0.2, 0) is 6.42 Å². The molecule has 4 heteroatoms. The van der Waals surface area contributed by atoms with Crippen molar-refractivity contribution in [3.05, 3.63) is 66.0 Å². The van der Waals surface area contributed by atoms with Crippen LogP contribution in [0.5, 0.6) is 11.6 Å². The minimum Gasteiger partial charge on any atom is -0.439 e. The van der Waals surface area contributed by atoms with E-state index >= 15 is 0 Å². The quantitative estimate of drug-likeness (QED) is 0.794. The number of hydrogen-bond acceptors (Lipinski definition) is 3. The van der Waals surface area contributed by atoms with Gasteiger partial charge in [-0.15, -0.1) is 0 Å². The zero-order valence-electron chi connectivity index (χ0n) is 11.4. The summed E-state index contributed by atoms with van der Waals surface area (Å²) in [6.07, 6.45) is 0.675. The molecule has 21 heavy (non-hydrogen) atoms. The van der Waals surface area contributed by atoms with E-state index in [1.807, 2.05) is 30.3 Å². The van der Waals surface area contributed by atoms with Crippen LogP contribution in [0.4, 0.5) is 4.39 Å². The summed E-state index contributed by atoms with van der Waals surface area (Å²) in [7, 11) is 0. The molecule has 0 radical (unpaired) electrons. The van der Waals surface area contributed by atoms with Gasteiger partial charge in [0.1, 0.15) is 11.6 Å². The van der Waals surface area contributed by atoms with Crippen LogP contribution in [0.1, 0.15) is 5.56 Å². The average Bonchev–Trinajstić information content (AvgIpc) is 2.50. The van der Waals surface area contributed by atoms with Gasteiger partial charge in [0.15, 0.2) is 0 Å². The summed E-state index contributed by atoms with van der Waals surface area (Å²) in [4.78, 5) is 4.54. The zero-order valence-corrected chi connectivity index (χ0v) is 11.4. The molecule has 0 bridgehead atoms. The van der Waals surface area contributed by atoms with Crippen LogP contribution in [0.15, 0.2) is 54.6 Å². The van der Waals surface area contributed by atoms with Crippen molar-refractivity contribution in [1.82, 2.24) is 4.98 Å². The number of para-hydroxylation sites is 1. The molecule has 0 saturated carbocycles. The van der Waals surface area contributed by atoms with Crippen molar-refractivity contribution in [2.45, 2.75) is 6.42 Å². The Labute approximate surface area is 122 Å². The first-order valence-corrected chi connectivity index (χ1v) is 6.78. The van der Waals surface area contributed by atoms with Crippen LogP contribution in [0.25, 0.3) is 10.9 Å². The Morgan fingerprint density at radius 1 is 1.05 bits per heavy atom. The summed E-state index contributed by atoms with van der Waals surface area (Å²) in [5.74, 6) is 0.777. The van der Waals surface area contributed by atoms with Gasteiger partial charge in [-0.1, -0.05) is 18.2 Å². The first kappa shape index (κ1) is 13.5. The minimum absolute atomic E-state index is 0.295. The topological polar surface area (TPSA) is 48.1 Å². The summed E-state index contributed by atoms with van der Waals surface area (Å²) in [5, 5.41) is 1.05. The van der Waals surface area contributed by atoms with Gasteiger partial charge >= 0.3 is 0 Å². The van der Waals surface area contributed by atoms with E-state index in [1.54, 1.807) is 12.1 Å². The molecule has 1 aromatic heterocycles. The third kappa shape index (κ3) is 3.01. The molecule has 3 aromatic rings. The van der Waals surface area contributed by atoms with Crippen LogP contribution in [0, 0.1) is 5.82 Å². The highest BCUT2D eigenvalue weighted by atomic mass is 19.1. The van der Waals surface area contributed by atoms with Gasteiger partial charge in [0.25, 0.3) is 0 Å². The Kier molecular flexibility index (Phi) is 3.79. The maximum Gasteiger partial charge on any atom is 0.223 e. The van der Waals surface area contributed by atoms with E-state index in [4.69, 9.17) is 10.5 Å². The summed E-state index contributed by atoms with van der Waals surface area (Å²) >= 11 is 0. The van der Waals surface area contributed by atoms with Gasteiger partial charge < -0.3 is 10.5 Å². The predicted molar refractivity (Wildman–Crippen MR) is 81.0 cm³/mol. The van der Waals surface area contributed by atoms with E-state index in [1.165, 1.54) is 12.1 Å². The summed E-state index contributed by atoms with van der Waals surface area (Å²) in [6.45, 7) is 0.514. The van der Waals surface area contributed by atoms with Gasteiger partial charge in [0.2, 0.25) is 5.88 Å². The molecule has 1 heterocycles. The van der Waals surface area contributed by atoms with E-state index in [-0.39, 0.29) is 5.82 Å². The van der Waals surface area contributed by atoms with Gasteiger partial charge in [-0.05, 0) is 49.4 Å². The molecule has 2 N–H and O–H groups in total. The average molecular weight is 282 g/mol. The van der Waals surface area contributed by atoms with Gasteiger partial charge in [0, 0.05) is 10.9 Å². The van der Waals surface area contributed by atoms with Crippen molar-refractivity contribution in [2.24, 2.45) is 5.73 Å². The van der Waals surface area contributed by atoms with Crippen molar-refractivity contribution in [2.75, 3.05) is 6.54 Å². The molecule has 0 aliphatic carbocycles. The Balaban J connectivity index is 2.02. The molecule has 0 amide bonds. The molecule has 106 valence electrons. The lowest BCUT2D eigenvalue weighted by Gasteiger charge is -2.11. The highest BCUT2D eigenvalue weighted by Gasteiger charge is 2.09. The van der Waals surface area contributed by atoms with Crippen LogP contribution in [0.2, 0.25) is 0 Å². The number of aromatic nitrogens is 1. The number of rotatable bonds is 4. The maximum atomic E-state index is 12.9. The van der Waals surface area contributed by atoms with Crippen molar-refractivity contribution in [3.8, 4) is 11.6 Å². The van der Waals surface area contributed by atoms with Crippen LogP contribution >= 0.6 is 0 Å². The lowest BCUT2D eigenvalue weighted by Crippen LogP contribution is -2.05. The second kappa shape index (κ2) is 5.89. The van der Waals surface area contributed by atoms with Crippen LogP contribution in [-0.4, -0.2) is 11.5 Å². The lowest BCUT2D eigenvalue weighted by atomic mass is 10.1. The Morgan fingerprint density at radius 3 is 2.57 bits per heavy atom. The van der Waals surface area contributed by atoms with Crippen molar-refractivity contribution in [1.29, 1.82) is 0 Å². The second-order valence-electron chi connectivity index (χ2n) is 4.74. The fraction of sp³-hybridized carbons (Fsp3) is 0.118. The van der Waals surface area contributed by atoms with Gasteiger partial charge in [-0.25, -0.2) is 9.37 Å². The van der Waals surface area contributed by atoms with Crippen molar-refractivity contribution < 1.29 is 9.13 Å². The molecule has 0 unspecified atom stereocenters. The lowest BCUT2D eigenvalue weighted by molar-refractivity contribution is 0.457. The maximum absolute atomic E-state index is 12.9. The molecule has 0 saturated heterocycles. The first-order chi connectivity index (χ1) is 10.3. The molecule has 0 aliphatic rings. The first-order valence-electron chi connectivity index (χ1n) is 6.78. The monoisotopic (exact) mass is 282 g/mol. The third-order valence-corrected chi connectivity index (χ3v) is 3.21. The standard InChI is InChI=1S/C17H15FN2O/c18-14-5-7-15(8-6-14)21-17-13(9-10-19)11-12-3-1-2-4-16(12)20-17/h1-8,11H,9-10,19H2. The Hall–Kier alpha value is -2.46. The summed E-state index contributed by atoms with van der Waals surface area (Å²) < 4.78 is 18.7. The number of hydrogen-bond donors (Lipinski definition) is 1. The van der Waals surface area contributed by atoms with Crippen LogP contribution < -0.4 is 10.5 Å². The van der Waals surface area contributed by atoms with Gasteiger partial charge in [0.05, 0.1) is 5.52 Å². The molecular weight excluding hydrogens is 267 g/mol. The Bertz CT molecular complexity index is 756. The van der Waals surface area contributed by atoms with Gasteiger partial charge in [-0.2, -0.15) is 0 Å². The largest absolute Gasteiger partial charge is 0.439 e. The Morgan fingerprint density at radius 2 is 1.81 bits per heavy atom. The van der Waals surface area contributed by atoms with E-state index in [9.17, 15) is 4.39 Å². The van der Waals surface area contributed by atoms with Crippen molar-refractivity contribution in [3.63, 3.8) is 0 Å². The zero-order chi connectivity index (χ0) is 14.7. The number of nitrogens with zero attached hydrogens (tertiary/aromatic N) is 1. The second-order valence-corrected chi connectivity index (χ2v) is 4.74. The number of benzene rings is 2. The normalized spacial score (nSPS) is 10.8. The smallest absolute Gasteiger partial charge is 0.223 e. The molecule has 0 aliphatic heterocycles. The molecule has 3 nitrogen and oxygen atoms in total. The highest BCUT2D eigenvalue weighted by Crippen LogP contribution is 2.27. The fourth-order valence-electron chi connectivity index (χ4n) is 2.18.